The molecule has 0 aromatic carbocycles. The molecule has 4 N–H and O–H groups in total. The van der Waals surface area contributed by atoms with Gasteiger partial charge in [0, 0.05) is 32.4 Å². The molecule has 0 radical (unpaired) electrons. The fourth-order valence-corrected chi connectivity index (χ4v) is 1.76. The molecule has 2 aromatic rings. The molecule has 0 spiro atoms. The highest BCUT2D eigenvalue weighted by Crippen LogP contribution is 2.12. The van der Waals surface area contributed by atoms with Crippen LogP contribution in [-0.4, -0.2) is 32.8 Å². The van der Waals surface area contributed by atoms with E-state index in [0.717, 1.165) is 31.1 Å². The summed E-state index contributed by atoms with van der Waals surface area (Å²) in [5.41, 5.74) is 6.84. The zero-order chi connectivity index (χ0) is 13.7. The SMILES string of the molecule is CCNc1cc(NCCc2cnn(C)c2)nc(N)n1. The zero-order valence-corrected chi connectivity index (χ0v) is 11.2. The first kappa shape index (κ1) is 13.1. The maximum Gasteiger partial charge on any atom is 0.223 e. The lowest BCUT2D eigenvalue weighted by Gasteiger charge is -2.08. The highest BCUT2D eigenvalue weighted by Gasteiger charge is 2.02. The molecule has 0 unspecified atom stereocenters. The van der Waals surface area contributed by atoms with Crippen molar-refractivity contribution in [3.8, 4) is 0 Å². The fraction of sp³-hybridized carbons (Fsp3) is 0.417. The van der Waals surface area contributed by atoms with Crippen molar-refractivity contribution in [2.45, 2.75) is 13.3 Å². The summed E-state index contributed by atoms with van der Waals surface area (Å²) in [5.74, 6) is 1.73. The van der Waals surface area contributed by atoms with Crippen molar-refractivity contribution in [2.75, 3.05) is 29.5 Å². The molecule has 0 aliphatic carbocycles. The second-order valence-electron chi connectivity index (χ2n) is 4.23. The Balaban J connectivity index is 1.91. The van der Waals surface area contributed by atoms with Gasteiger partial charge >= 0.3 is 0 Å². The van der Waals surface area contributed by atoms with Crippen LogP contribution in [0.25, 0.3) is 0 Å². The number of aryl methyl sites for hydroxylation is 1. The molecular formula is C12H19N7. The Kier molecular flexibility index (Phi) is 4.17. The Morgan fingerprint density at radius 3 is 2.63 bits per heavy atom. The van der Waals surface area contributed by atoms with E-state index in [-0.39, 0.29) is 5.95 Å². The first-order valence-corrected chi connectivity index (χ1v) is 6.27. The van der Waals surface area contributed by atoms with E-state index in [9.17, 15) is 0 Å². The minimum atomic E-state index is 0.266. The van der Waals surface area contributed by atoms with Crippen molar-refractivity contribution in [2.24, 2.45) is 7.05 Å². The molecule has 0 saturated carbocycles. The van der Waals surface area contributed by atoms with Gasteiger partial charge in [-0.1, -0.05) is 0 Å². The molecule has 7 heteroatoms. The quantitative estimate of drug-likeness (QED) is 0.714. The van der Waals surface area contributed by atoms with Gasteiger partial charge in [0.1, 0.15) is 11.6 Å². The molecule has 2 heterocycles. The number of nitrogens with two attached hydrogens (primary N) is 1. The van der Waals surface area contributed by atoms with Crippen molar-refractivity contribution in [3.63, 3.8) is 0 Å². The Labute approximate surface area is 112 Å². The number of hydrogen-bond acceptors (Lipinski definition) is 6. The third-order valence-electron chi connectivity index (χ3n) is 2.58. The zero-order valence-electron chi connectivity index (χ0n) is 11.2. The van der Waals surface area contributed by atoms with E-state index in [2.05, 4.69) is 25.7 Å². The molecule has 2 aromatic heterocycles. The molecular weight excluding hydrogens is 242 g/mol. The number of nitrogens with zero attached hydrogens (tertiary/aromatic N) is 4. The van der Waals surface area contributed by atoms with Crippen LogP contribution in [-0.2, 0) is 13.5 Å². The van der Waals surface area contributed by atoms with Gasteiger partial charge in [-0.25, -0.2) is 0 Å². The van der Waals surface area contributed by atoms with Crippen molar-refractivity contribution in [1.82, 2.24) is 19.7 Å². The number of nitrogen functional groups attached to an aromatic ring is 1. The molecule has 19 heavy (non-hydrogen) atoms. The summed E-state index contributed by atoms with van der Waals surface area (Å²) in [7, 11) is 1.91. The first-order chi connectivity index (χ1) is 9.17. The van der Waals surface area contributed by atoms with Crippen LogP contribution in [0, 0.1) is 0 Å². The fourth-order valence-electron chi connectivity index (χ4n) is 1.76. The van der Waals surface area contributed by atoms with Gasteiger partial charge in [0.2, 0.25) is 5.95 Å². The Morgan fingerprint density at radius 2 is 2.00 bits per heavy atom. The van der Waals surface area contributed by atoms with Gasteiger partial charge in [0.25, 0.3) is 0 Å². The van der Waals surface area contributed by atoms with Crippen LogP contribution in [0.4, 0.5) is 17.6 Å². The van der Waals surface area contributed by atoms with Crippen molar-refractivity contribution >= 4 is 17.6 Å². The number of rotatable bonds is 6. The largest absolute Gasteiger partial charge is 0.370 e. The lowest BCUT2D eigenvalue weighted by Crippen LogP contribution is -2.10. The van der Waals surface area contributed by atoms with Gasteiger partial charge in [0.15, 0.2) is 0 Å². The predicted molar refractivity (Wildman–Crippen MR) is 76.0 cm³/mol. The van der Waals surface area contributed by atoms with Crippen LogP contribution in [0.15, 0.2) is 18.5 Å². The topological polar surface area (TPSA) is 93.7 Å². The standard InChI is InChI=1S/C12H19N7/c1-3-14-10-6-11(18-12(13)17-10)15-5-4-9-7-16-19(2)8-9/h6-8H,3-5H2,1-2H3,(H4,13,14,15,17,18). The second-order valence-corrected chi connectivity index (χ2v) is 4.23. The van der Waals surface area contributed by atoms with Gasteiger partial charge in [-0.3, -0.25) is 4.68 Å². The molecule has 0 fully saturated rings. The number of aromatic nitrogens is 4. The van der Waals surface area contributed by atoms with Crippen LogP contribution in [0.3, 0.4) is 0 Å². The number of anilines is 3. The van der Waals surface area contributed by atoms with Gasteiger partial charge in [-0.15, -0.1) is 0 Å². The van der Waals surface area contributed by atoms with E-state index in [4.69, 9.17) is 5.73 Å². The summed E-state index contributed by atoms with van der Waals surface area (Å²) in [6, 6.07) is 1.85. The second kappa shape index (κ2) is 6.03. The highest BCUT2D eigenvalue weighted by molar-refractivity contribution is 5.50. The molecule has 0 aliphatic rings. The Bertz CT molecular complexity index is 535. The maximum absolute atomic E-state index is 5.66. The summed E-state index contributed by atoms with van der Waals surface area (Å²) in [6.07, 6.45) is 4.74. The average Bonchev–Trinajstić information content (AvgIpc) is 2.75. The van der Waals surface area contributed by atoms with Crippen LogP contribution in [0.2, 0.25) is 0 Å². The Hall–Kier alpha value is -2.31. The molecule has 7 nitrogen and oxygen atoms in total. The summed E-state index contributed by atoms with van der Waals surface area (Å²) >= 11 is 0. The van der Waals surface area contributed by atoms with Crippen molar-refractivity contribution in [3.05, 3.63) is 24.0 Å². The third kappa shape index (κ3) is 3.84. The predicted octanol–water partition coefficient (Wildman–Crippen LogP) is 0.879. The Morgan fingerprint density at radius 1 is 1.26 bits per heavy atom. The lowest BCUT2D eigenvalue weighted by atomic mass is 10.2. The summed E-state index contributed by atoms with van der Waals surface area (Å²) < 4.78 is 1.79. The summed E-state index contributed by atoms with van der Waals surface area (Å²) in [6.45, 7) is 3.58. The molecule has 0 atom stereocenters. The lowest BCUT2D eigenvalue weighted by molar-refractivity contribution is 0.767. The van der Waals surface area contributed by atoms with Gasteiger partial charge in [-0.05, 0) is 18.9 Å². The highest BCUT2D eigenvalue weighted by atomic mass is 15.2. The maximum atomic E-state index is 5.66. The van der Waals surface area contributed by atoms with E-state index in [1.807, 2.05) is 32.4 Å². The monoisotopic (exact) mass is 261 g/mol. The normalized spacial score (nSPS) is 10.4. The van der Waals surface area contributed by atoms with E-state index in [1.165, 1.54) is 5.56 Å². The molecule has 0 saturated heterocycles. The van der Waals surface area contributed by atoms with Gasteiger partial charge in [-0.2, -0.15) is 15.1 Å². The van der Waals surface area contributed by atoms with E-state index < -0.39 is 0 Å². The smallest absolute Gasteiger partial charge is 0.223 e. The molecule has 0 aliphatic heterocycles. The van der Waals surface area contributed by atoms with Crippen LogP contribution in [0.5, 0.6) is 0 Å². The van der Waals surface area contributed by atoms with Gasteiger partial charge < -0.3 is 16.4 Å². The molecule has 102 valence electrons. The minimum Gasteiger partial charge on any atom is -0.370 e. The summed E-state index contributed by atoms with van der Waals surface area (Å²) in [4.78, 5) is 8.24. The van der Waals surface area contributed by atoms with Gasteiger partial charge in [0.05, 0.1) is 6.20 Å². The van der Waals surface area contributed by atoms with E-state index in [1.54, 1.807) is 4.68 Å². The van der Waals surface area contributed by atoms with Crippen molar-refractivity contribution < 1.29 is 0 Å². The average molecular weight is 261 g/mol. The number of hydrogen-bond donors (Lipinski definition) is 3. The molecule has 2 rings (SSSR count). The molecule has 0 amide bonds. The van der Waals surface area contributed by atoms with Crippen LogP contribution < -0.4 is 16.4 Å². The first-order valence-electron chi connectivity index (χ1n) is 6.27. The van der Waals surface area contributed by atoms with Crippen LogP contribution >= 0.6 is 0 Å². The van der Waals surface area contributed by atoms with Crippen molar-refractivity contribution in [1.29, 1.82) is 0 Å². The van der Waals surface area contributed by atoms with Crippen LogP contribution in [0.1, 0.15) is 12.5 Å². The summed E-state index contributed by atoms with van der Waals surface area (Å²) in [5, 5.41) is 10.5. The van der Waals surface area contributed by atoms with E-state index in [0.29, 0.717) is 0 Å². The molecule has 0 bridgehead atoms. The minimum absolute atomic E-state index is 0.266. The van der Waals surface area contributed by atoms with E-state index >= 15 is 0 Å². The third-order valence-corrected chi connectivity index (χ3v) is 2.58. The number of nitrogens with one attached hydrogen (secondary N) is 2.